The molecule has 0 aliphatic carbocycles. The van der Waals surface area contributed by atoms with Crippen molar-refractivity contribution in [3.05, 3.63) is 64.1 Å². The van der Waals surface area contributed by atoms with Gasteiger partial charge in [-0.05, 0) is 48.9 Å². The Hall–Kier alpha value is -3.63. The summed E-state index contributed by atoms with van der Waals surface area (Å²) < 4.78 is 17.1. The van der Waals surface area contributed by atoms with E-state index in [1.54, 1.807) is 17.5 Å². The lowest BCUT2D eigenvalue weighted by Crippen LogP contribution is -2.22. The SMILES string of the molecule is CNc1ccc(NC2=NC3COCC3O2)cc1C(N)=Nc1ccc(OCc2nccs2)c(C)c1. The molecule has 0 radical (unpaired) electrons. The number of rotatable bonds is 7. The van der Waals surface area contributed by atoms with Gasteiger partial charge in [0.25, 0.3) is 6.02 Å². The summed E-state index contributed by atoms with van der Waals surface area (Å²) in [6.07, 6.45) is 1.76. The maximum absolute atomic E-state index is 6.43. The summed E-state index contributed by atoms with van der Waals surface area (Å²) in [4.78, 5) is 13.4. The second kappa shape index (κ2) is 9.70. The normalized spacial score (nSPS) is 19.4. The Labute approximate surface area is 201 Å². The first-order chi connectivity index (χ1) is 16.6. The van der Waals surface area contributed by atoms with Crippen molar-refractivity contribution in [3.8, 4) is 5.75 Å². The Balaban J connectivity index is 1.32. The molecule has 0 bridgehead atoms. The third-order valence-electron chi connectivity index (χ3n) is 5.60. The second-order valence-corrected chi connectivity index (χ2v) is 8.97. The van der Waals surface area contributed by atoms with Gasteiger partial charge < -0.3 is 30.6 Å². The van der Waals surface area contributed by atoms with Crippen LogP contribution in [0.25, 0.3) is 0 Å². The summed E-state index contributed by atoms with van der Waals surface area (Å²) in [6, 6.07) is 12.1. The maximum atomic E-state index is 6.43. The highest BCUT2D eigenvalue weighted by Gasteiger charge is 2.36. The molecule has 4 N–H and O–H groups in total. The number of amidine groups is 2. The fourth-order valence-electron chi connectivity index (χ4n) is 3.85. The molecule has 0 saturated carbocycles. The number of nitrogens with two attached hydrogens (primary N) is 1. The van der Waals surface area contributed by atoms with E-state index in [2.05, 4.69) is 25.6 Å². The lowest BCUT2D eigenvalue weighted by Gasteiger charge is -2.14. The quantitative estimate of drug-likeness (QED) is 0.350. The molecule has 176 valence electrons. The molecule has 2 aromatic carbocycles. The summed E-state index contributed by atoms with van der Waals surface area (Å²) in [5.41, 5.74) is 10.6. The Morgan fingerprint density at radius 1 is 1.26 bits per heavy atom. The minimum absolute atomic E-state index is 0.0121. The number of nitrogens with zero attached hydrogens (tertiary/aromatic N) is 3. The molecule has 1 saturated heterocycles. The van der Waals surface area contributed by atoms with E-state index in [1.807, 2.05) is 55.7 Å². The zero-order valence-corrected chi connectivity index (χ0v) is 19.8. The Morgan fingerprint density at radius 2 is 2.18 bits per heavy atom. The smallest absolute Gasteiger partial charge is 0.290 e. The van der Waals surface area contributed by atoms with Crippen molar-refractivity contribution >= 4 is 40.3 Å². The van der Waals surface area contributed by atoms with E-state index >= 15 is 0 Å². The van der Waals surface area contributed by atoms with Gasteiger partial charge in [0.1, 0.15) is 35.3 Å². The lowest BCUT2D eigenvalue weighted by molar-refractivity contribution is 0.138. The van der Waals surface area contributed by atoms with E-state index in [-0.39, 0.29) is 12.1 Å². The van der Waals surface area contributed by atoms with E-state index in [9.17, 15) is 0 Å². The minimum Gasteiger partial charge on any atom is -0.486 e. The van der Waals surface area contributed by atoms with Gasteiger partial charge in [-0.15, -0.1) is 11.3 Å². The molecule has 10 heteroatoms. The van der Waals surface area contributed by atoms with Gasteiger partial charge in [0.05, 0.1) is 18.9 Å². The number of fused-ring (bicyclic) bond motifs is 1. The van der Waals surface area contributed by atoms with E-state index in [1.165, 1.54) is 0 Å². The van der Waals surface area contributed by atoms with Crippen molar-refractivity contribution in [2.75, 3.05) is 30.9 Å². The molecular weight excluding hydrogens is 452 g/mol. The van der Waals surface area contributed by atoms with Crippen molar-refractivity contribution in [1.29, 1.82) is 0 Å². The minimum atomic E-state index is -0.0121. The Morgan fingerprint density at radius 3 is 2.94 bits per heavy atom. The van der Waals surface area contributed by atoms with Crippen LogP contribution in [0.4, 0.5) is 17.1 Å². The third kappa shape index (κ3) is 4.82. The molecule has 3 aromatic rings. The molecule has 3 heterocycles. The highest BCUT2D eigenvalue weighted by molar-refractivity contribution is 7.09. The van der Waals surface area contributed by atoms with Crippen molar-refractivity contribution in [2.45, 2.75) is 25.7 Å². The first-order valence-electron chi connectivity index (χ1n) is 11.0. The summed E-state index contributed by atoms with van der Waals surface area (Å²) in [5.74, 6) is 1.19. The Kier molecular flexibility index (Phi) is 6.33. The molecule has 1 aromatic heterocycles. The van der Waals surface area contributed by atoms with E-state index in [4.69, 9.17) is 19.9 Å². The van der Waals surface area contributed by atoms with Gasteiger partial charge in [-0.2, -0.15) is 0 Å². The molecule has 1 fully saturated rings. The molecule has 0 spiro atoms. The molecule has 5 rings (SSSR count). The van der Waals surface area contributed by atoms with Crippen LogP contribution >= 0.6 is 11.3 Å². The molecule has 2 aliphatic rings. The van der Waals surface area contributed by atoms with Crippen molar-refractivity contribution < 1.29 is 14.2 Å². The predicted molar refractivity (Wildman–Crippen MR) is 135 cm³/mol. The first-order valence-corrected chi connectivity index (χ1v) is 11.8. The van der Waals surface area contributed by atoms with Crippen LogP contribution in [0.5, 0.6) is 5.75 Å². The molecule has 2 aliphatic heterocycles. The maximum Gasteiger partial charge on any atom is 0.290 e. The number of hydrogen-bond acceptors (Lipinski definition) is 9. The predicted octanol–water partition coefficient (Wildman–Crippen LogP) is 3.67. The van der Waals surface area contributed by atoms with Crippen LogP contribution in [-0.4, -0.2) is 49.2 Å². The van der Waals surface area contributed by atoms with E-state index < -0.39 is 0 Å². The topological polar surface area (TPSA) is 115 Å². The summed E-state index contributed by atoms with van der Waals surface area (Å²) in [7, 11) is 1.85. The van der Waals surface area contributed by atoms with Crippen molar-refractivity contribution in [3.63, 3.8) is 0 Å². The Bertz CT molecular complexity index is 1230. The zero-order valence-electron chi connectivity index (χ0n) is 18.9. The van der Waals surface area contributed by atoms with Crippen LogP contribution < -0.4 is 21.1 Å². The monoisotopic (exact) mass is 478 g/mol. The van der Waals surface area contributed by atoms with Crippen LogP contribution in [0.3, 0.4) is 0 Å². The van der Waals surface area contributed by atoms with Gasteiger partial charge in [0.2, 0.25) is 0 Å². The number of benzene rings is 2. The van der Waals surface area contributed by atoms with Gasteiger partial charge in [-0.1, -0.05) is 0 Å². The molecule has 2 unspecified atom stereocenters. The largest absolute Gasteiger partial charge is 0.486 e. The second-order valence-electron chi connectivity index (χ2n) is 7.99. The van der Waals surface area contributed by atoms with Crippen LogP contribution in [0.1, 0.15) is 16.1 Å². The number of ether oxygens (including phenoxy) is 3. The van der Waals surface area contributed by atoms with Gasteiger partial charge >= 0.3 is 0 Å². The summed E-state index contributed by atoms with van der Waals surface area (Å²) in [5, 5.41) is 9.28. The number of anilines is 2. The number of hydrogen-bond donors (Lipinski definition) is 3. The average Bonchev–Trinajstić information content (AvgIpc) is 3.57. The van der Waals surface area contributed by atoms with Gasteiger partial charge in [0.15, 0.2) is 0 Å². The van der Waals surface area contributed by atoms with Gasteiger partial charge in [-0.3, -0.25) is 0 Å². The number of aliphatic imine (C=N–C) groups is 2. The average molecular weight is 479 g/mol. The molecular formula is C24H26N6O3S. The van der Waals surface area contributed by atoms with Gasteiger partial charge in [0, 0.05) is 35.6 Å². The van der Waals surface area contributed by atoms with Gasteiger partial charge in [-0.25, -0.2) is 15.0 Å². The van der Waals surface area contributed by atoms with Crippen LogP contribution in [-0.2, 0) is 16.1 Å². The fraction of sp³-hybridized carbons (Fsp3) is 0.292. The van der Waals surface area contributed by atoms with Crippen molar-refractivity contribution in [2.24, 2.45) is 15.7 Å². The van der Waals surface area contributed by atoms with E-state index in [0.29, 0.717) is 31.7 Å². The summed E-state index contributed by atoms with van der Waals surface area (Å²) >= 11 is 1.57. The van der Waals surface area contributed by atoms with Crippen LogP contribution in [0, 0.1) is 6.92 Å². The highest BCUT2D eigenvalue weighted by Crippen LogP contribution is 2.27. The molecule has 2 atom stereocenters. The first kappa shape index (κ1) is 22.2. The zero-order chi connectivity index (χ0) is 23.5. The van der Waals surface area contributed by atoms with Crippen LogP contribution in [0.2, 0.25) is 0 Å². The number of nitrogens with one attached hydrogen (secondary N) is 2. The standard InChI is InChI=1S/C24H26N6O3S/c1-14-9-15(4-6-20(14)32-13-22-27-7-8-34-22)28-23(25)17-10-16(3-5-18(17)26-2)29-24-30-19-11-31-12-21(19)33-24/h3-10,19,21,26H,11-13H2,1-2H3,(H2,25,28)(H,29,30). The molecule has 34 heavy (non-hydrogen) atoms. The van der Waals surface area contributed by atoms with Crippen molar-refractivity contribution in [1.82, 2.24) is 4.98 Å². The number of aromatic nitrogens is 1. The lowest BCUT2D eigenvalue weighted by atomic mass is 10.1. The highest BCUT2D eigenvalue weighted by atomic mass is 32.1. The summed E-state index contributed by atoms with van der Waals surface area (Å²) in [6.45, 7) is 3.58. The van der Waals surface area contributed by atoms with Crippen LogP contribution in [0.15, 0.2) is 58.0 Å². The third-order valence-corrected chi connectivity index (χ3v) is 6.36. The fourth-order valence-corrected chi connectivity index (χ4v) is 4.37. The van der Waals surface area contributed by atoms with E-state index in [0.717, 1.165) is 38.9 Å². The number of aryl methyl sites for hydroxylation is 1. The number of thiazole rings is 1. The molecule has 0 amide bonds. The molecule has 9 nitrogen and oxygen atoms in total.